The first-order valence-electron chi connectivity index (χ1n) is 14.1. The fourth-order valence-corrected chi connectivity index (χ4v) is 5.40. The van der Waals surface area contributed by atoms with Crippen molar-refractivity contribution in [3.8, 4) is 5.69 Å². The molecule has 2 aromatic heterocycles. The number of pyridine rings is 1. The Bertz CT molecular complexity index is 1630. The summed E-state index contributed by atoms with van der Waals surface area (Å²) in [7, 11) is 0. The third-order valence-corrected chi connectivity index (χ3v) is 8.01. The molecule has 11 heteroatoms. The summed E-state index contributed by atoms with van der Waals surface area (Å²) in [6, 6.07) is 18.3. The number of hydrogen-bond donors (Lipinski definition) is 2. The molecule has 0 saturated carbocycles. The smallest absolute Gasteiger partial charge is 0.324 e. The molecular weight excluding hydrogens is 585 g/mol. The lowest BCUT2D eigenvalue weighted by atomic mass is 9.92. The molecule has 9 nitrogen and oxygen atoms in total. The van der Waals surface area contributed by atoms with Crippen LogP contribution in [0.1, 0.15) is 48.1 Å². The highest BCUT2D eigenvalue weighted by atomic mass is 35.5. The van der Waals surface area contributed by atoms with Crippen LogP contribution in [0, 0.1) is 13.8 Å². The molecule has 4 aromatic rings. The van der Waals surface area contributed by atoms with Gasteiger partial charge in [0.05, 0.1) is 38.4 Å². The number of amides is 3. The Hall–Kier alpha value is -4.08. The molecule has 0 unspecified atom stereocenters. The van der Waals surface area contributed by atoms with Gasteiger partial charge in [0.15, 0.2) is 0 Å². The van der Waals surface area contributed by atoms with Crippen molar-refractivity contribution in [2.75, 3.05) is 41.7 Å². The lowest BCUT2D eigenvalue weighted by Gasteiger charge is -2.36. The molecule has 0 spiro atoms. The Labute approximate surface area is 261 Å². The first kappa shape index (κ1) is 30.4. The summed E-state index contributed by atoms with van der Waals surface area (Å²) in [5.74, 6) is 1.17. The third kappa shape index (κ3) is 6.78. The van der Waals surface area contributed by atoms with Gasteiger partial charge in [0.1, 0.15) is 11.6 Å². The molecule has 2 aromatic carbocycles. The van der Waals surface area contributed by atoms with E-state index >= 15 is 0 Å². The third-order valence-electron chi connectivity index (χ3n) is 7.38. The minimum Gasteiger partial charge on any atom is -0.353 e. The second-order valence-corrected chi connectivity index (χ2v) is 12.5. The molecule has 1 aliphatic heterocycles. The lowest BCUT2D eigenvalue weighted by molar-refractivity contribution is 0.0747. The van der Waals surface area contributed by atoms with Crippen LogP contribution in [0.4, 0.5) is 22.1 Å². The van der Waals surface area contributed by atoms with Gasteiger partial charge in [-0.1, -0.05) is 67.7 Å². The molecular formula is C32H35Cl2N7O2. The number of rotatable bonds is 5. The fraction of sp³-hybridized carbons (Fsp3) is 0.312. The van der Waals surface area contributed by atoms with Gasteiger partial charge >= 0.3 is 6.03 Å². The number of halogens is 2. The van der Waals surface area contributed by atoms with E-state index in [4.69, 9.17) is 33.3 Å². The lowest BCUT2D eigenvalue weighted by Crippen LogP contribution is -2.49. The summed E-state index contributed by atoms with van der Waals surface area (Å²) >= 11 is 12.5. The average Bonchev–Trinajstić information content (AvgIpc) is 3.39. The van der Waals surface area contributed by atoms with Gasteiger partial charge in [-0.05, 0) is 50.2 Å². The van der Waals surface area contributed by atoms with Gasteiger partial charge in [-0.2, -0.15) is 5.10 Å². The number of aryl methyl sites for hydroxylation is 2. The SMILES string of the molecule is Cc1ccc(-n2nc(C(C)(C)C)cc2NC(=O)Nc2ccc(N3CCN(C(=O)c4c(Cl)cccc4Cl)CC3)nc2C)cc1. The molecule has 1 aliphatic rings. The number of nitrogens with one attached hydrogen (secondary N) is 2. The van der Waals surface area contributed by atoms with E-state index in [0.29, 0.717) is 59.0 Å². The van der Waals surface area contributed by atoms with Crippen LogP contribution in [-0.2, 0) is 5.41 Å². The summed E-state index contributed by atoms with van der Waals surface area (Å²) in [4.78, 5) is 34.8. The molecule has 0 radical (unpaired) electrons. The van der Waals surface area contributed by atoms with E-state index in [1.807, 2.05) is 56.3 Å². The number of aromatic nitrogens is 3. The standard InChI is InChI=1S/C32H35Cl2N7O2/c1-20-9-11-22(12-10-20)41-28(19-26(38-41)32(3,4)5)37-31(43)36-25-13-14-27(35-21(25)2)39-15-17-40(18-16-39)30(42)29-23(33)7-6-8-24(29)34/h6-14,19H,15-18H2,1-5H3,(H2,36,37,43). The van der Waals surface area contributed by atoms with Crippen molar-refractivity contribution in [2.45, 2.75) is 40.0 Å². The second-order valence-electron chi connectivity index (χ2n) is 11.7. The quantitative estimate of drug-likeness (QED) is 0.248. The summed E-state index contributed by atoms with van der Waals surface area (Å²) in [5, 5.41) is 11.4. The number of nitrogens with zero attached hydrogens (tertiary/aromatic N) is 5. The van der Waals surface area contributed by atoms with Crippen LogP contribution < -0.4 is 15.5 Å². The van der Waals surface area contributed by atoms with Gasteiger partial charge in [0.2, 0.25) is 0 Å². The van der Waals surface area contributed by atoms with E-state index < -0.39 is 6.03 Å². The van der Waals surface area contributed by atoms with Crippen molar-refractivity contribution in [2.24, 2.45) is 0 Å². The summed E-state index contributed by atoms with van der Waals surface area (Å²) in [5.41, 5.74) is 4.27. The second kappa shape index (κ2) is 12.3. The van der Waals surface area contributed by atoms with Crippen LogP contribution in [0.2, 0.25) is 10.0 Å². The molecule has 2 N–H and O–H groups in total. The number of piperazine rings is 1. The fourth-order valence-electron chi connectivity index (χ4n) is 4.84. The van der Waals surface area contributed by atoms with Crippen LogP contribution in [0.3, 0.4) is 0 Å². The van der Waals surface area contributed by atoms with Gasteiger partial charge in [-0.15, -0.1) is 0 Å². The zero-order valence-electron chi connectivity index (χ0n) is 24.9. The topological polar surface area (TPSA) is 95.4 Å². The maximum absolute atomic E-state index is 13.1. The zero-order chi connectivity index (χ0) is 30.9. The van der Waals surface area contributed by atoms with Gasteiger partial charge in [0, 0.05) is 37.7 Å². The van der Waals surface area contributed by atoms with Crippen molar-refractivity contribution < 1.29 is 9.59 Å². The van der Waals surface area contributed by atoms with Crippen molar-refractivity contribution in [3.05, 3.63) is 93.2 Å². The summed E-state index contributed by atoms with van der Waals surface area (Å²) < 4.78 is 1.75. The van der Waals surface area contributed by atoms with E-state index in [1.165, 1.54) is 0 Å². The van der Waals surface area contributed by atoms with Crippen molar-refractivity contribution in [1.29, 1.82) is 0 Å². The Morgan fingerprint density at radius 3 is 2.12 bits per heavy atom. The molecule has 0 aliphatic carbocycles. The average molecular weight is 621 g/mol. The van der Waals surface area contributed by atoms with Crippen LogP contribution in [0.25, 0.3) is 5.69 Å². The number of urea groups is 1. The number of anilines is 3. The Morgan fingerprint density at radius 1 is 0.860 bits per heavy atom. The largest absolute Gasteiger partial charge is 0.353 e. The van der Waals surface area contributed by atoms with E-state index in [9.17, 15) is 9.59 Å². The van der Waals surface area contributed by atoms with Gasteiger partial charge in [0.25, 0.3) is 5.91 Å². The van der Waals surface area contributed by atoms with E-state index in [-0.39, 0.29) is 11.3 Å². The summed E-state index contributed by atoms with van der Waals surface area (Å²) in [6.07, 6.45) is 0. The molecule has 0 bridgehead atoms. The minimum atomic E-state index is -0.392. The van der Waals surface area contributed by atoms with Crippen LogP contribution in [-0.4, -0.2) is 57.8 Å². The predicted octanol–water partition coefficient (Wildman–Crippen LogP) is 7.09. The Morgan fingerprint density at radius 2 is 1.51 bits per heavy atom. The molecule has 3 amide bonds. The molecule has 5 rings (SSSR count). The molecule has 1 saturated heterocycles. The molecule has 1 fully saturated rings. The monoisotopic (exact) mass is 619 g/mol. The minimum absolute atomic E-state index is 0.178. The molecule has 3 heterocycles. The molecule has 43 heavy (non-hydrogen) atoms. The summed E-state index contributed by atoms with van der Waals surface area (Å²) in [6.45, 7) is 12.4. The van der Waals surface area contributed by atoms with E-state index in [2.05, 4.69) is 36.3 Å². The number of hydrogen-bond acceptors (Lipinski definition) is 5. The Balaban J connectivity index is 1.24. The van der Waals surface area contributed by atoms with Gasteiger partial charge < -0.3 is 15.1 Å². The van der Waals surface area contributed by atoms with Crippen molar-refractivity contribution in [1.82, 2.24) is 19.7 Å². The normalized spacial score (nSPS) is 13.7. The van der Waals surface area contributed by atoms with Gasteiger partial charge in [-0.25, -0.2) is 14.5 Å². The predicted molar refractivity (Wildman–Crippen MR) is 173 cm³/mol. The maximum Gasteiger partial charge on any atom is 0.324 e. The first-order chi connectivity index (χ1) is 20.4. The highest BCUT2D eigenvalue weighted by Crippen LogP contribution is 2.28. The number of carbonyl (C=O) groups excluding carboxylic acids is 2. The number of benzene rings is 2. The first-order valence-corrected chi connectivity index (χ1v) is 14.9. The molecule has 224 valence electrons. The van der Waals surface area contributed by atoms with Crippen LogP contribution >= 0.6 is 23.2 Å². The van der Waals surface area contributed by atoms with Crippen LogP contribution in [0.15, 0.2) is 60.7 Å². The maximum atomic E-state index is 13.1. The van der Waals surface area contributed by atoms with Gasteiger partial charge in [-0.3, -0.25) is 10.1 Å². The van der Waals surface area contributed by atoms with Crippen LogP contribution in [0.5, 0.6) is 0 Å². The highest BCUT2D eigenvalue weighted by Gasteiger charge is 2.26. The zero-order valence-corrected chi connectivity index (χ0v) is 26.4. The Kier molecular flexibility index (Phi) is 8.66. The van der Waals surface area contributed by atoms with E-state index in [0.717, 1.165) is 22.8 Å². The van der Waals surface area contributed by atoms with E-state index in [1.54, 1.807) is 27.8 Å². The van der Waals surface area contributed by atoms with Crippen molar-refractivity contribution in [3.63, 3.8) is 0 Å². The highest BCUT2D eigenvalue weighted by molar-refractivity contribution is 6.39. The number of carbonyl (C=O) groups is 2. The molecule has 0 atom stereocenters. The van der Waals surface area contributed by atoms with Crippen molar-refractivity contribution >= 4 is 52.5 Å².